The van der Waals surface area contributed by atoms with Crippen LogP contribution in [0.1, 0.15) is 44.7 Å². The topological polar surface area (TPSA) is 56.9 Å². The minimum Gasteiger partial charge on any atom is -0.424 e. The van der Waals surface area contributed by atoms with E-state index in [-0.39, 0.29) is 0 Å². The lowest BCUT2D eigenvalue weighted by molar-refractivity contribution is 0.434. The molecule has 1 aliphatic carbocycles. The Bertz CT molecular complexity index is 1330. The van der Waals surface area contributed by atoms with Crippen molar-refractivity contribution in [1.29, 1.82) is 0 Å². The van der Waals surface area contributed by atoms with E-state index in [0.717, 1.165) is 46.4 Å². The van der Waals surface area contributed by atoms with Gasteiger partial charge in [0.25, 0.3) is 0 Å². The van der Waals surface area contributed by atoms with Gasteiger partial charge in [-0.1, -0.05) is 18.2 Å². The summed E-state index contributed by atoms with van der Waals surface area (Å²) in [5, 5.41) is 8.24. The molecule has 0 unspecified atom stereocenters. The fourth-order valence-corrected chi connectivity index (χ4v) is 4.55. The number of ether oxygens (including phenoxy) is 1. The molecule has 0 spiro atoms. The maximum atomic E-state index is 6.68. The fourth-order valence-electron chi connectivity index (χ4n) is 4.55. The van der Waals surface area contributed by atoms with Crippen LogP contribution in [-0.2, 0) is 6.42 Å². The van der Waals surface area contributed by atoms with Crippen LogP contribution in [0.25, 0.3) is 28.4 Å². The molecule has 1 atom stereocenters. The van der Waals surface area contributed by atoms with Crippen LogP contribution in [-0.4, -0.2) is 25.4 Å². The van der Waals surface area contributed by atoms with Crippen LogP contribution in [0.4, 0.5) is 5.69 Å². The van der Waals surface area contributed by atoms with Gasteiger partial charge in [0.15, 0.2) is 0 Å². The Morgan fingerprint density at radius 2 is 2.00 bits per heavy atom. The molecule has 1 N–H and O–H groups in total. The van der Waals surface area contributed by atoms with E-state index >= 15 is 0 Å². The molecule has 6 nitrogen and oxygen atoms in total. The van der Waals surface area contributed by atoms with Crippen LogP contribution in [0, 0.1) is 0 Å². The summed E-state index contributed by atoms with van der Waals surface area (Å²) in [6.07, 6.45) is 12.6. The van der Waals surface area contributed by atoms with Gasteiger partial charge in [-0.3, -0.25) is 9.25 Å². The normalized spacial score (nSPS) is 18.1. The van der Waals surface area contributed by atoms with Crippen LogP contribution in [0.2, 0.25) is 0 Å². The Morgan fingerprint density at radius 1 is 1.12 bits per heavy atom. The molecule has 4 aromatic rings. The molecule has 1 aliphatic heterocycles. The van der Waals surface area contributed by atoms with Crippen LogP contribution < -0.4 is 10.1 Å². The second-order valence-corrected chi connectivity index (χ2v) is 8.83. The Kier molecular flexibility index (Phi) is 4.52. The van der Waals surface area contributed by atoms with E-state index in [1.165, 1.54) is 18.4 Å². The maximum absolute atomic E-state index is 6.68. The molecule has 6 heteroatoms. The molecule has 32 heavy (non-hydrogen) atoms. The van der Waals surface area contributed by atoms with Crippen molar-refractivity contribution < 1.29 is 4.74 Å². The van der Waals surface area contributed by atoms with Gasteiger partial charge in [-0.15, -0.1) is 0 Å². The van der Waals surface area contributed by atoms with E-state index in [1.54, 1.807) is 0 Å². The number of fused-ring (bicyclic) bond motifs is 2. The quantitative estimate of drug-likeness (QED) is 0.410. The van der Waals surface area contributed by atoms with Gasteiger partial charge in [0.1, 0.15) is 5.75 Å². The van der Waals surface area contributed by atoms with E-state index in [1.807, 2.05) is 48.2 Å². The molecular formula is C26H27N5O. The zero-order valence-electron chi connectivity index (χ0n) is 18.5. The van der Waals surface area contributed by atoms with Gasteiger partial charge in [0, 0.05) is 40.8 Å². The highest BCUT2D eigenvalue weighted by atomic mass is 16.5. The van der Waals surface area contributed by atoms with E-state index in [9.17, 15) is 0 Å². The largest absolute Gasteiger partial charge is 0.424 e. The van der Waals surface area contributed by atoms with Crippen molar-refractivity contribution >= 4 is 22.9 Å². The molecule has 1 fully saturated rings. The summed E-state index contributed by atoms with van der Waals surface area (Å²) >= 11 is 0. The summed E-state index contributed by atoms with van der Waals surface area (Å²) in [7, 11) is 0. The van der Waals surface area contributed by atoms with Crippen molar-refractivity contribution in [2.75, 3.05) is 5.32 Å². The third-order valence-corrected chi connectivity index (χ3v) is 6.38. The van der Waals surface area contributed by atoms with Crippen LogP contribution in [0.5, 0.6) is 11.8 Å². The predicted octanol–water partition coefficient (Wildman–Crippen LogP) is 6.26. The zero-order valence-corrected chi connectivity index (χ0v) is 18.5. The SMILES string of the molecule is C/C=C\n1c(Oc2c(-c3cnn(C4CC4)c3)ccc3c2CC[C@H](C)N3)nc2ccccc21. The number of nitrogens with one attached hydrogen (secondary N) is 1. The second kappa shape index (κ2) is 7.55. The summed E-state index contributed by atoms with van der Waals surface area (Å²) in [4.78, 5) is 4.82. The molecule has 2 aromatic carbocycles. The number of nitrogens with zero attached hydrogens (tertiary/aromatic N) is 4. The standard InChI is InChI=1S/C26H27N5O/c1-3-14-30-24-7-5-4-6-23(24)29-26(30)32-25-20(18-15-27-31(16-18)19-9-10-19)12-13-22-21(25)11-8-17(2)28-22/h3-7,12-17,19,28H,8-11H2,1-2H3/b14-3-/t17-/m0/s1. The number of imidazole rings is 1. The van der Waals surface area contributed by atoms with Crippen molar-refractivity contribution in [2.24, 2.45) is 0 Å². The maximum Gasteiger partial charge on any atom is 0.307 e. The third-order valence-electron chi connectivity index (χ3n) is 6.38. The highest BCUT2D eigenvalue weighted by Crippen LogP contribution is 2.44. The number of anilines is 1. The van der Waals surface area contributed by atoms with E-state index in [0.29, 0.717) is 18.1 Å². The smallest absolute Gasteiger partial charge is 0.307 e. The van der Waals surface area contributed by atoms with Crippen LogP contribution >= 0.6 is 0 Å². The molecule has 0 radical (unpaired) electrons. The van der Waals surface area contributed by atoms with Gasteiger partial charge in [-0.25, -0.2) is 0 Å². The number of benzene rings is 2. The Hall–Kier alpha value is -3.54. The molecule has 6 rings (SSSR count). The third kappa shape index (κ3) is 3.27. The first-order valence-electron chi connectivity index (χ1n) is 11.5. The van der Waals surface area contributed by atoms with Gasteiger partial charge in [0.2, 0.25) is 0 Å². The summed E-state index contributed by atoms with van der Waals surface area (Å²) in [5.74, 6) is 0.873. The lowest BCUT2D eigenvalue weighted by Gasteiger charge is -2.27. The first-order valence-corrected chi connectivity index (χ1v) is 11.5. The number of hydrogen-bond donors (Lipinski definition) is 1. The van der Waals surface area contributed by atoms with Gasteiger partial charge in [0.05, 0.1) is 23.3 Å². The molecule has 2 aromatic heterocycles. The zero-order chi connectivity index (χ0) is 21.7. The molecule has 2 aliphatic rings. The minimum atomic E-state index is 0.450. The van der Waals surface area contributed by atoms with Crippen molar-refractivity contribution in [1.82, 2.24) is 19.3 Å². The number of para-hydroxylation sites is 2. The summed E-state index contributed by atoms with van der Waals surface area (Å²) in [5.41, 5.74) is 6.44. The van der Waals surface area contributed by atoms with Gasteiger partial charge >= 0.3 is 6.01 Å². The van der Waals surface area contributed by atoms with Crippen LogP contribution in [0.3, 0.4) is 0 Å². The molecule has 162 valence electrons. The highest BCUT2D eigenvalue weighted by molar-refractivity contribution is 5.80. The Labute approximate surface area is 187 Å². The molecular weight excluding hydrogens is 398 g/mol. The average molecular weight is 426 g/mol. The molecule has 0 amide bonds. The van der Waals surface area contributed by atoms with E-state index < -0.39 is 0 Å². The molecule has 3 heterocycles. The van der Waals surface area contributed by atoms with Crippen molar-refractivity contribution in [2.45, 2.75) is 51.6 Å². The summed E-state index contributed by atoms with van der Waals surface area (Å²) in [6.45, 7) is 4.23. The minimum absolute atomic E-state index is 0.450. The number of allylic oxidation sites excluding steroid dienone is 1. The summed E-state index contributed by atoms with van der Waals surface area (Å²) < 4.78 is 10.8. The second-order valence-electron chi connectivity index (χ2n) is 8.83. The summed E-state index contributed by atoms with van der Waals surface area (Å²) in [6, 6.07) is 14.0. The van der Waals surface area contributed by atoms with Gasteiger partial charge in [-0.2, -0.15) is 10.1 Å². The fraction of sp³-hybridized carbons (Fsp3) is 0.308. The van der Waals surface area contributed by atoms with Gasteiger partial charge < -0.3 is 10.1 Å². The lowest BCUT2D eigenvalue weighted by atomic mass is 9.94. The van der Waals surface area contributed by atoms with Crippen molar-refractivity contribution in [3.8, 4) is 22.9 Å². The lowest BCUT2D eigenvalue weighted by Crippen LogP contribution is -2.22. The molecule has 1 saturated carbocycles. The molecule has 0 bridgehead atoms. The Morgan fingerprint density at radius 3 is 2.84 bits per heavy atom. The predicted molar refractivity (Wildman–Crippen MR) is 128 cm³/mol. The van der Waals surface area contributed by atoms with Gasteiger partial charge in [-0.05, 0) is 63.8 Å². The van der Waals surface area contributed by atoms with Crippen LogP contribution in [0.15, 0.2) is 54.9 Å². The first kappa shape index (κ1) is 19.2. The average Bonchev–Trinajstić information content (AvgIpc) is 3.44. The number of hydrogen-bond acceptors (Lipinski definition) is 4. The Balaban J connectivity index is 1.50. The monoisotopic (exact) mass is 425 g/mol. The number of aromatic nitrogens is 4. The number of rotatable bonds is 5. The van der Waals surface area contributed by atoms with Crippen molar-refractivity contribution in [3.63, 3.8) is 0 Å². The molecule has 0 saturated heterocycles. The highest BCUT2D eigenvalue weighted by Gasteiger charge is 2.27. The first-order chi connectivity index (χ1) is 15.7. The van der Waals surface area contributed by atoms with E-state index in [4.69, 9.17) is 9.72 Å². The van der Waals surface area contributed by atoms with E-state index in [2.05, 4.69) is 46.4 Å². The van der Waals surface area contributed by atoms with Crippen molar-refractivity contribution in [3.05, 3.63) is 60.4 Å².